The molecule has 0 spiro atoms. The standard InChI is InChI=1S/C53H70N6O10/c1-57(2)44-17-9-41(10-18-44)34-54-52(60)66-27-25-64-50(29-39-13-21-46(62-7)22-14-39)37-68-48-31-43(36-56-59(5)6)32-49(33-48)69-38-51(30-40-15-23-47(63-8)24-16-40)65-26-28-67-53(61)55-35-42-11-19-45(20-12-42)58(3)4/h9-24,31-33,50-51,56H,25-30,34-38H2,1-8H3,(H,54,60)(H,55,61). The van der Waals surface area contributed by atoms with Crippen molar-refractivity contribution in [2.24, 2.45) is 0 Å². The quantitative estimate of drug-likeness (QED) is 0.0325. The minimum absolute atomic E-state index is 0.0552. The highest BCUT2D eigenvalue weighted by molar-refractivity contribution is 5.67. The van der Waals surface area contributed by atoms with E-state index in [0.29, 0.717) is 44.0 Å². The van der Waals surface area contributed by atoms with E-state index >= 15 is 0 Å². The number of methoxy groups -OCH3 is 2. The van der Waals surface area contributed by atoms with Crippen LogP contribution in [-0.4, -0.2) is 126 Å². The lowest BCUT2D eigenvalue weighted by Gasteiger charge is -2.21. The Morgan fingerprint density at radius 2 is 0.855 bits per heavy atom. The Kier molecular flexibility index (Phi) is 22.0. The summed E-state index contributed by atoms with van der Waals surface area (Å²) in [4.78, 5) is 29.1. The molecule has 0 radical (unpaired) electrons. The minimum Gasteiger partial charge on any atom is -0.497 e. The molecule has 16 heteroatoms. The van der Waals surface area contributed by atoms with Gasteiger partial charge in [-0.05, 0) is 88.5 Å². The zero-order valence-corrected chi connectivity index (χ0v) is 41.3. The molecule has 5 aromatic carbocycles. The Labute approximate surface area is 407 Å². The number of nitrogens with one attached hydrogen (secondary N) is 3. The fourth-order valence-electron chi connectivity index (χ4n) is 6.88. The van der Waals surface area contributed by atoms with Gasteiger partial charge in [-0.3, -0.25) is 10.4 Å². The predicted octanol–water partition coefficient (Wildman–Crippen LogP) is 7.27. The Hall–Kier alpha value is -6.72. The molecule has 372 valence electrons. The van der Waals surface area contributed by atoms with Gasteiger partial charge in [-0.2, -0.15) is 0 Å². The number of nitrogens with zero attached hydrogens (tertiary/aromatic N) is 3. The van der Waals surface area contributed by atoms with Crippen LogP contribution in [0.3, 0.4) is 0 Å². The first-order chi connectivity index (χ1) is 33.3. The van der Waals surface area contributed by atoms with Crippen LogP contribution in [-0.2, 0) is 51.4 Å². The van der Waals surface area contributed by atoms with E-state index in [4.69, 9.17) is 37.9 Å². The van der Waals surface area contributed by atoms with Crippen LogP contribution in [0, 0.1) is 0 Å². The van der Waals surface area contributed by atoms with Gasteiger partial charge in [-0.25, -0.2) is 9.59 Å². The van der Waals surface area contributed by atoms with Gasteiger partial charge in [0.2, 0.25) is 0 Å². The number of benzene rings is 5. The van der Waals surface area contributed by atoms with Crippen molar-refractivity contribution >= 4 is 23.6 Å². The average Bonchev–Trinajstić information content (AvgIpc) is 3.35. The van der Waals surface area contributed by atoms with Gasteiger partial charge in [-0.15, -0.1) is 0 Å². The number of hydrogen-bond donors (Lipinski definition) is 3. The third kappa shape index (κ3) is 19.8. The van der Waals surface area contributed by atoms with Crippen molar-refractivity contribution in [3.05, 3.63) is 143 Å². The second-order valence-corrected chi connectivity index (χ2v) is 16.9. The van der Waals surface area contributed by atoms with Gasteiger partial charge in [-0.1, -0.05) is 48.5 Å². The number of carbonyl (C=O) groups excluding carboxylic acids is 2. The van der Waals surface area contributed by atoms with Crippen LogP contribution < -0.4 is 44.8 Å². The highest BCUT2D eigenvalue weighted by Gasteiger charge is 2.17. The second-order valence-electron chi connectivity index (χ2n) is 16.9. The van der Waals surface area contributed by atoms with E-state index in [1.165, 1.54) is 0 Å². The smallest absolute Gasteiger partial charge is 0.407 e. The fraction of sp³-hybridized carbons (Fsp3) is 0.396. The van der Waals surface area contributed by atoms with Crippen LogP contribution in [0.5, 0.6) is 23.0 Å². The van der Waals surface area contributed by atoms with Crippen molar-refractivity contribution in [3.8, 4) is 23.0 Å². The van der Waals surface area contributed by atoms with Gasteiger partial charge < -0.3 is 58.3 Å². The van der Waals surface area contributed by atoms with E-state index in [1.807, 2.05) is 172 Å². The number of hydrogen-bond acceptors (Lipinski definition) is 14. The van der Waals surface area contributed by atoms with Crippen molar-refractivity contribution in [2.75, 3.05) is 106 Å². The minimum atomic E-state index is -0.528. The van der Waals surface area contributed by atoms with E-state index in [2.05, 4.69) is 16.1 Å². The molecule has 16 nitrogen and oxygen atoms in total. The van der Waals surface area contributed by atoms with Crippen molar-refractivity contribution in [1.82, 2.24) is 21.1 Å². The molecule has 2 atom stereocenters. The van der Waals surface area contributed by atoms with E-state index < -0.39 is 24.4 Å². The molecular formula is C53H70N6O10. The van der Waals surface area contributed by atoms with Crippen molar-refractivity contribution in [3.63, 3.8) is 0 Å². The SMILES string of the molecule is COc1ccc(CC(COc2cc(CNN(C)C)cc(OCC(Cc3ccc(OC)cc3)OCCOC(=O)NCc3ccc(N(C)C)cc3)c2)OCCOC(=O)NCc2ccc(N(C)C)cc2)cc1. The average molecular weight is 951 g/mol. The Morgan fingerprint density at radius 1 is 0.464 bits per heavy atom. The second kappa shape index (κ2) is 28.6. The molecule has 69 heavy (non-hydrogen) atoms. The highest BCUT2D eigenvalue weighted by Crippen LogP contribution is 2.25. The van der Waals surface area contributed by atoms with Crippen LogP contribution >= 0.6 is 0 Å². The number of amides is 2. The maximum Gasteiger partial charge on any atom is 0.407 e. The number of hydrazine groups is 1. The van der Waals surface area contributed by atoms with E-state index in [0.717, 1.165) is 50.7 Å². The third-order valence-corrected chi connectivity index (χ3v) is 10.8. The Bertz CT molecular complexity index is 2110. The van der Waals surface area contributed by atoms with Gasteiger partial charge in [0.1, 0.15) is 49.4 Å². The molecule has 2 unspecified atom stereocenters. The van der Waals surface area contributed by atoms with E-state index in [-0.39, 0.29) is 39.6 Å². The summed E-state index contributed by atoms with van der Waals surface area (Å²) in [6.07, 6.45) is -0.779. The summed E-state index contributed by atoms with van der Waals surface area (Å²) in [5, 5.41) is 7.48. The van der Waals surface area contributed by atoms with Crippen LogP contribution in [0.1, 0.15) is 27.8 Å². The lowest BCUT2D eigenvalue weighted by molar-refractivity contribution is -0.00224. The Morgan fingerprint density at radius 3 is 1.22 bits per heavy atom. The molecule has 2 amide bonds. The molecule has 5 rings (SSSR count). The molecule has 0 fully saturated rings. The molecule has 0 aliphatic carbocycles. The van der Waals surface area contributed by atoms with Crippen LogP contribution in [0.25, 0.3) is 0 Å². The predicted molar refractivity (Wildman–Crippen MR) is 269 cm³/mol. The molecule has 5 aromatic rings. The van der Waals surface area contributed by atoms with Crippen molar-refractivity contribution in [2.45, 2.75) is 44.7 Å². The molecule has 0 aromatic heterocycles. The number of carbonyl (C=O) groups is 2. The van der Waals surface area contributed by atoms with Crippen molar-refractivity contribution < 1.29 is 47.5 Å². The van der Waals surface area contributed by atoms with Gasteiger partial charge >= 0.3 is 12.2 Å². The summed E-state index contributed by atoms with van der Waals surface area (Å²) >= 11 is 0. The zero-order valence-electron chi connectivity index (χ0n) is 41.3. The summed E-state index contributed by atoms with van der Waals surface area (Å²) in [7, 11) is 15.0. The number of ether oxygens (including phenoxy) is 8. The zero-order chi connectivity index (χ0) is 49.4. The first kappa shape index (κ1) is 53.2. The fourth-order valence-corrected chi connectivity index (χ4v) is 6.88. The van der Waals surface area contributed by atoms with Gasteiger partial charge in [0.05, 0.1) is 39.6 Å². The number of anilines is 2. The molecule has 0 saturated carbocycles. The highest BCUT2D eigenvalue weighted by atomic mass is 16.6. The summed E-state index contributed by atoms with van der Waals surface area (Å²) in [5.74, 6) is 2.67. The first-order valence-corrected chi connectivity index (χ1v) is 23.0. The summed E-state index contributed by atoms with van der Waals surface area (Å²) in [6.45, 7) is 2.03. The summed E-state index contributed by atoms with van der Waals surface area (Å²) in [5.41, 5.74) is 10.4. The van der Waals surface area contributed by atoms with Crippen LogP contribution in [0.4, 0.5) is 21.0 Å². The molecule has 0 aliphatic rings. The molecule has 0 bridgehead atoms. The maximum absolute atomic E-state index is 12.6. The molecule has 0 aliphatic heterocycles. The molecule has 3 N–H and O–H groups in total. The van der Waals surface area contributed by atoms with E-state index in [9.17, 15) is 9.59 Å². The first-order valence-electron chi connectivity index (χ1n) is 23.0. The summed E-state index contributed by atoms with van der Waals surface area (Å²) in [6, 6.07) is 37.2. The van der Waals surface area contributed by atoms with Gasteiger partial charge in [0.15, 0.2) is 0 Å². The number of rotatable bonds is 29. The lowest BCUT2D eigenvalue weighted by Crippen LogP contribution is -2.30. The molecular weight excluding hydrogens is 881 g/mol. The largest absolute Gasteiger partial charge is 0.497 e. The van der Waals surface area contributed by atoms with Gasteiger partial charge in [0.25, 0.3) is 0 Å². The maximum atomic E-state index is 12.6. The summed E-state index contributed by atoms with van der Waals surface area (Å²) < 4.78 is 47.1. The molecule has 0 saturated heterocycles. The van der Waals surface area contributed by atoms with Crippen LogP contribution in [0.15, 0.2) is 115 Å². The number of alkyl carbamates (subject to hydrolysis) is 2. The Balaban J connectivity index is 1.20. The van der Waals surface area contributed by atoms with Crippen molar-refractivity contribution in [1.29, 1.82) is 0 Å². The topological polar surface area (TPSA) is 154 Å². The van der Waals surface area contributed by atoms with Crippen LogP contribution in [0.2, 0.25) is 0 Å². The van der Waals surface area contributed by atoms with Gasteiger partial charge in [0, 0.05) is 92.2 Å². The lowest BCUT2D eigenvalue weighted by atomic mass is 10.1. The monoisotopic (exact) mass is 951 g/mol. The molecule has 0 heterocycles. The van der Waals surface area contributed by atoms with E-state index in [1.54, 1.807) is 14.2 Å². The normalized spacial score (nSPS) is 11.8. The third-order valence-electron chi connectivity index (χ3n) is 10.8.